The van der Waals surface area contributed by atoms with Crippen LogP contribution in [0.3, 0.4) is 0 Å². The number of aromatic nitrogens is 1. The largest absolute Gasteiger partial charge is 0.507 e. The summed E-state index contributed by atoms with van der Waals surface area (Å²) in [5.74, 6) is -1.27. The molecule has 1 aromatic carbocycles. The summed E-state index contributed by atoms with van der Waals surface area (Å²) in [6.07, 6.45) is 4.05. The van der Waals surface area contributed by atoms with Gasteiger partial charge in [0.05, 0.1) is 0 Å². The lowest BCUT2D eigenvalue weighted by molar-refractivity contribution is 0.0652. The van der Waals surface area contributed by atoms with E-state index in [4.69, 9.17) is 9.63 Å². The Morgan fingerprint density at radius 2 is 2.05 bits per heavy atom. The summed E-state index contributed by atoms with van der Waals surface area (Å²) in [6, 6.07) is 4.91. The van der Waals surface area contributed by atoms with Crippen LogP contribution in [-0.4, -0.2) is 21.3 Å². The van der Waals surface area contributed by atoms with Crippen molar-refractivity contribution in [3.8, 4) is 17.0 Å². The number of rotatable bonds is 2. The van der Waals surface area contributed by atoms with Gasteiger partial charge >= 0.3 is 5.97 Å². The van der Waals surface area contributed by atoms with Gasteiger partial charge in [-0.25, -0.2) is 4.79 Å². The second kappa shape index (κ2) is 4.42. The summed E-state index contributed by atoms with van der Waals surface area (Å²) in [4.78, 5) is 10.8. The van der Waals surface area contributed by atoms with Crippen molar-refractivity contribution in [3.63, 3.8) is 0 Å². The summed E-state index contributed by atoms with van der Waals surface area (Å²) in [6.45, 7) is 0. The van der Waals surface area contributed by atoms with Crippen molar-refractivity contribution in [1.82, 2.24) is 5.16 Å². The number of carboxylic acid groups (broad SMARTS) is 1. The second-order valence-electron chi connectivity index (χ2n) is 4.69. The lowest BCUT2D eigenvalue weighted by atomic mass is 9.87. The Balaban J connectivity index is 2.15. The van der Waals surface area contributed by atoms with Crippen LogP contribution in [0.5, 0.6) is 5.75 Å². The normalized spacial score (nSPS) is 14.1. The lowest BCUT2D eigenvalue weighted by Gasteiger charge is -2.19. The zero-order chi connectivity index (χ0) is 13.4. The van der Waals surface area contributed by atoms with Gasteiger partial charge in [-0.15, -0.1) is 0 Å². The highest BCUT2D eigenvalue weighted by Crippen LogP contribution is 2.37. The number of aryl methyl sites for hydroxylation is 1. The highest BCUT2D eigenvalue weighted by Gasteiger charge is 2.21. The molecule has 0 atom stereocenters. The van der Waals surface area contributed by atoms with Gasteiger partial charge in [-0.2, -0.15) is 0 Å². The summed E-state index contributed by atoms with van der Waals surface area (Å²) in [5, 5.41) is 22.7. The molecule has 2 N–H and O–H groups in total. The zero-order valence-electron chi connectivity index (χ0n) is 10.2. The monoisotopic (exact) mass is 259 g/mol. The third kappa shape index (κ3) is 1.97. The molecule has 0 bridgehead atoms. The number of phenolic OH excluding ortho intramolecular Hbond substituents is 1. The number of aromatic hydroxyl groups is 1. The van der Waals surface area contributed by atoms with Crippen molar-refractivity contribution < 1.29 is 19.5 Å². The topological polar surface area (TPSA) is 83.6 Å². The number of aromatic carboxylic acids is 1. The smallest absolute Gasteiger partial charge is 0.374 e. The number of hydrogen-bond acceptors (Lipinski definition) is 4. The Morgan fingerprint density at radius 3 is 2.79 bits per heavy atom. The van der Waals surface area contributed by atoms with Gasteiger partial charge in [0.1, 0.15) is 11.4 Å². The summed E-state index contributed by atoms with van der Waals surface area (Å²) in [7, 11) is 0. The summed E-state index contributed by atoms with van der Waals surface area (Å²) >= 11 is 0. The Bertz CT molecular complexity index is 645. The van der Waals surface area contributed by atoms with Crippen LogP contribution in [-0.2, 0) is 12.8 Å². The molecular formula is C14H13NO4. The molecule has 5 nitrogen and oxygen atoms in total. The van der Waals surface area contributed by atoms with Gasteiger partial charge in [-0.1, -0.05) is 11.2 Å². The number of fused-ring (bicyclic) bond motifs is 1. The number of benzene rings is 1. The fourth-order valence-electron chi connectivity index (χ4n) is 2.60. The first-order chi connectivity index (χ1) is 9.16. The van der Waals surface area contributed by atoms with E-state index in [0.717, 1.165) is 31.2 Å². The molecule has 0 spiro atoms. The molecule has 0 radical (unpaired) electrons. The molecule has 0 saturated carbocycles. The van der Waals surface area contributed by atoms with Crippen LogP contribution in [0.15, 0.2) is 22.7 Å². The van der Waals surface area contributed by atoms with Crippen LogP contribution in [0.4, 0.5) is 0 Å². The van der Waals surface area contributed by atoms with E-state index in [-0.39, 0.29) is 11.5 Å². The Hall–Kier alpha value is -2.30. The number of phenols is 1. The number of carbonyl (C=O) groups is 1. The average molecular weight is 259 g/mol. The van der Waals surface area contributed by atoms with E-state index in [9.17, 15) is 9.90 Å². The molecule has 2 aromatic rings. The van der Waals surface area contributed by atoms with E-state index in [0.29, 0.717) is 11.3 Å². The van der Waals surface area contributed by atoms with E-state index in [1.165, 1.54) is 11.6 Å². The van der Waals surface area contributed by atoms with Gasteiger partial charge in [0.25, 0.3) is 0 Å². The minimum atomic E-state index is -1.16. The predicted molar refractivity (Wildman–Crippen MR) is 67.2 cm³/mol. The van der Waals surface area contributed by atoms with E-state index in [1.54, 1.807) is 6.07 Å². The molecule has 1 heterocycles. The summed E-state index contributed by atoms with van der Waals surface area (Å²) < 4.78 is 4.77. The molecule has 1 aliphatic carbocycles. The maximum absolute atomic E-state index is 10.8. The van der Waals surface area contributed by atoms with E-state index in [1.807, 2.05) is 6.07 Å². The van der Waals surface area contributed by atoms with Gasteiger partial charge in [-0.3, -0.25) is 0 Å². The van der Waals surface area contributed by atoms with Crippen molar-refractivity contribution in [3.05, 3.63) is 35.1 Å². The Morgan fingerprint density at radius 1 is 1.26 bits per heavy atom. The quantitative estimate of drug-likeness (QED) is 0.866. The van der Waals surface area contributed by atoms with Crippen LogP contribution < -0.4 is 0 Å². The van der Waals surface area contributed by atoms with Crippen molar-refractivity contribution in [2.45, 2.75) is 25.7 Å². The maximum atomic E-state index is 10.8. The second-order valence-corrected chi connectivity index (χ2v) is 4.69. The molecule has 98 valence electrons. The van der Waals surface area contributed by atoms with Crippen LogP contribution in [0, 0.1) is 0 Å². The van der Waals surface area contributed by atoms with Crippen molar-refractivity contribution in [2.24, 2.45) is 0 Å². The van der Waals surface area contributed by atoms with Crippen LogP contribution in [0.25, 0.3) is 11.3 Å². The zero-order valence-corrected chi connectivity index (χ0v) is 10.2. The summed E-state index contributed by atoms with van der Waals surface area (Å²) in [5.41, 5.74) is 3.23. The van der Waals surface area contributed by atoms with Crippen LogP contribution >= 0.6 is 0 Å². The first-order valence-electron chi connectivity index (χ1n) is 6.21. The highest BCUT2D eigenvalue weighted by molar-refractivity contribution is 5.86. The maximum Gasteiger partial charge on any atom is 0.374 e. The molecule has 0 aliphatic heterocycles. The van der Waals surface area contributed by atoms with Gasteiger partial charge in [0.2, 0.25) is 5.76 Å². The average Bonchev–Trinajstić information content (AvgIpc) is 2.88. The molecule has 0 amide bonds. The third-order valence-electron chi connectivity index (χ3n) is 3.49. The fourth-order valence-corrected chi connectivity index (χ4v) is 2.60. The predicted octanol–water partition coefficient (Wildman–Crippen LogP) is 2.62. The molecule has 1 aliphatic rings. The van der Waals surface area contributed by atoms with Gasteiger partial charge in [0.15, 0.2) is 0 Å². The standard InChI is InChI=1S/C14H13NO4/c16-11-6-5-8-3-1-2-4-9(8)13(11)10-7-12(14(17)18)19-15-10/h5-7,16H,1-4H2,(H,17,18). The van der Waals surface area contributed by atoms with E-state index in [2.05, 4.69) is 5.16 Å². The van der Waals surface area contributed by atoms with Crippen LogP contribution in [0.1, 0.15) is 34.5 Å². The Labute approximate surface area is 109 Å². The third-order valence-corrected chi connectivity index (χ3v) is 3.49. The molecule has 1 aromatic heterocycles. The molecule has 0 fully saturated rings. The fraction of sp³-hybridized carbons (Fsp3) is 0.286. The first-order valence-corrected chi connectivity index (χ1v) is 6.21. The van der Waals surface area contributed by atoms with Gasteiger partial charge in [-0.05, 0) is 42.9 Å². The molecule has 5 heteroatoms. The van der Waals surface area contributed by atoms with Crippen molar-refractivity contribution in [1.29, 1.82) is 0 Å². The first kappa shape index (κ1) is 11.8. The number of carboxylic acids is 1. The number of hydrogen-bond donors (Lipinski definition) is 2. The SMILES string of the molecule is O=C(O)c1cc(-c2c(O)ccc3c2CCCC3)no1. The van der Waals surface area contributed by atoms with Crippen molar-refractivity contribution in [2.75, 3.05) is 0 Å². The van der Waals surface area contributed by atoms with Crippen LogP contribution in [0.2, 0.25) is 0 Å². The number of nitrogens with zero attached hydrogens (tertiary/aromatic N) is 1. The molecule has 19 heavy (non-hydrogen) atoms. The van der Waals surface area contributed by atoms with E-state index >= 15 is 0 Å². The molecule has 0 unspecified atom stereocenters. The van der Waals surface area contributed by atoms with E-state index < -0.39 is 5.97 Å². The van der Waals surface area contributed by atoms with Crippen molar-refractivity contribution >= 4 is 5.97 Å². The van der Waals surface area contributed by atoms with Gasteiger partial charge in [0, 0.05) is 11.6 Å². The minimum Gasteiger partial charge on any atom is -0.507 e. The highest BCUT2D eigenvalue weighted by atomic mass is 16.5. The van der Waals surface area contributed by atoms with Gasteiger partial charge < -0.3 is 14.7 Å². The molecule has 3 rings (SSSR count). The Kier molecular flexibility index (Phi) is 2.74. The lowest BCUT2D eigenvalue weighted by Crippen LogP contribution is -2.04. The minimum absolute atomic E-state index is 0.117. The molecule has 0 saturated heterocycles. The molecular weight excluding hydrogens is 246 g/mol.